The van der Waals surface area contributed by atoms with E-state index in [9.17, 15) is 13.2 Å². The molecule has 1 fully saturated rings. The van der Waals surface area contributed by atoms with Crippen molar-refractivity contribution in [1.29, 1.82) is 0 Å². The molecule has 1 atom stereocenters. The summed E-state index contributed by atoms with van der Waals surface area (Å²) in [6, 6.07) is 18.7. The molecule has 3 N–H and O–H groups in total. The van der Waals surface area contributed by atoms with Gasteiger partial charge in [0.05, 0.1) is 22.2 Å². The topological polar surface area (TPSA) is 108 Å². The van der Waals surface area contributed by atoms with Crippen LogP contribution in [0.1, 0.15) is 29.8 Å². The summed E-state index contributed by atoms with van der Waals surface area (Å²) in [6.45, 7) is 3.55. The molecule has 182 valence electrons. The second-order valence-corrected chi connectivity index (χ2v) is 10.6. The maximum absolute atomic E-state index is 13.0. The fourth-order valence-corrected chi connectivity index (χ4v) is 4.97. The van der Waals surface area contributed by atoms with Crippen LogP contribution >= 0.6 is 11.6 Å². The number of halogens is 1. The van der Waals surface area contributed by atoms with Crippen LogP contribution < -0.4 is 10.5 Å². The van der Waals surface area contributed by atoms with E-state index in [1.165, 1.54) is 18.2 Å². The summed E-state index contributed by atoms with van der Waals surface area (Å²) < 4.78 is 38.7. The van der Waals surface area contributed by atoms with Gasteiger partial charge in [-0.2, -0.15) is 4.72 Å². The number of rotatable bonds is 7. The van der Waals surface area contributed by atoms with Crippen molar-refractivity contribution in [2.24, 2.45) is 0 Å². The number of nitrogen functional groups attached to an aromatic ring is 1. The maximum atomic E-state index is 13.0. The molecule has 1 aliphatic rings. The zero-order valence-corrected chi connectivity index (χ0v) is 20.8. The second-order valence-electron chi connectivity index (χ2n) is 8.45. The molecule has 9 heteroatoms. The predicted molar refractivity (Wildman–Crippen MR) is 136 cm³/mol. The van der Waals surface area contributed by atoms with Crippen LogP contribution in [0.3, 0.4) is 0 Å². The average Bonchev–Trinajstić information content (AvgIpc) is 3.17. The number of nitrogens with one attached hydrogen (secondary N) is 1. The first-order valence-corrected chi connectivity index (χ1v) is 12.7. The Balaban J connectivity index is 1.52. The highest BCUT2D eigenvalue weighted by molar-refractivity contribution is 7.89. The molecule has 7 nitrogen and oxygen atoms in total. The van der Waals surface area contributed by atoms with Crippen molar-refractivity contribution in [3.05, 3.63) is 89.0 Å². The third-order valence-corrected chi connectivity index (χ3v) is 7.23. The molecule has 0 amide bonds. The fourth-order valence-electron chi connectivity index (χ4n) is 3.72. The summed E-state index contributed by atoms with van der Waals surface area (Å²) in [6.07, 6.45) is 2.27. The number of carbonyl (C=O) groups excluding carboxylic acids is 1. The van der Waals surface area contributed by atoms with Gasteiger partial charge in [0.1, 0.15) is 6.23 Å². The Morgan fingerprint density at radius 1 is 1.09 bits per heavy atom. The van der Waals surface area contributed by atoms with Gasteiger partial charge in [-0.1, -0.05) is 60.1 Å². The summed E-state index contributed by atoms with van der Waals surface area (Å²) in [4.78, 5) is 13.1. The van der Waals surface area contributed by atoms with E-state index in [0.29, 0.717) is 27.4 Å². The maximum Gasteiger partial charge on any atom is 0.242 e. The van der Waals surface area contributed by atoms with E-state index in [4.69, 9.17) is 26.8 Å². The lowest BCUT2D eigenvalue weighted by Gasteiger charge is -2.17. The van der Waals surface area contributed by atoms with Gasteiger partial charge in [0.15, 0.2) is 11.6 Å². The van der Waals surface area contributed by atoms with Gasteiger partial charge < -0.3 is 15.2 Å². The summed E-state index contributed by atoms with van der Waals surface area (Å²) in [7, 11) is -3.80. The highest BCUT2D eigenvalue weighted by Crippen LogP contribution is 2.35. The number of nitrogens with two attached hydrogens (primary N) is 1. The van der Waals surface area contributed by atoms with E-state index in [1.54, 1.807) is 44.2 Å². The van der Waals surface area contributed by atoms with Gasteiger partial charge >= 0.3 is 0 Å². The van der Waals surface area contributed by atoms with Gasteiger partial charge in [0.25, 0.3) is 0 Å². The number of carbonyl (C=O) groups is 1. The van der Waals surface area contributed by atoms with E-state index < -0.39 is 22.0 Å². The molecule has 1 unspecified atom stereocenters. The van der Waals surface area contributed by atoms with Crippen molar-refractivity contribution in [3.63, 3.8) is 0 Å². The van der Waals surface area contributed by atoms with Crippen molar-refractivity contribution in [3.8, 4) is 11.1 Å². The van der Waals surface area contributed by atoms with E-state index in [2.05, 4.69) is 4.72 Å². The molecule has 3 aromatic carbocycles. The highest BCUT2D eigenvalue weighted by atomic mass is 35.5. The molecule has 0 aromatic heterocycles. The first kappa shape index (κ1) is 25.1. The van der Waals surface area contributed by atoms with Crippen LogP contribution in [0.5, 0.6) is 0 Å². The Labute approximate surface area is 209 Å². The van der Waals surface area contributed by atoms with Gasteiger partial charge in [-0.25, -0.2) is 8.42 Å². The smallest absolute Gasteiger partial charge is 0.242 e. The number of benzene rings is 3. The summed E-state index contributed by atoms with van der Waals surface area (Å²) in [5.74, 6) is -1.10. The monoisotopic (exact) mass is 512 g/mol. The van der Waals surface area contributed by atoms with Gasteiger partial charge in [-0.15, -0.1) is 0 Å². The molecule has 0 saturated carbocycles. The summed E-state index contributed by atoms with van der Waals surface area (Å²) in [5.41, 5.74) is 8.96. The Kier molecular flexibility index (Phi) is 7.12. The molecule has 0 aliphatic carbocycles. The lowest BCUT2D eigenvalue weighted by atomic mass is 9.95. The first-order chi connectivity index (χ1) is 16.6. The average molecular weight is 513 g/mol. The molecule has 1 aliphatic heterocycles. The van der Waals surface area contributed by atoms with E-state index in [-0.39, 0.29) is 17.3 Å². The van der Waals surface area contributed by atoms with Crippen molar-refractivity contribution in [2.75, 3.05) is 12.3 Å². The van der Waals surface area contributed by atoms with Gasteiger partial charge in [-0.05, 0) is 55.3 Å². The lowest BCUT2D eigenvalue weighted by molar-refractivity contribution is -0.139. The molecule has 0 radical (unpaired) electrons. The largest absolute Gasteiger partial charge is 0.397 e. The number of sulfonamides is 1. The van der Waals surface area contributed by atoms with E-state index in [0.717, 1.165) is 5.56 Å². The Hall–Kier alpha value is -3.01. The number of hydrogen-bond donors (Lipinski definition) is 2. The van der Waals surface area contributed by atoms with Crippen molar-refractivity contribution in [1.82, 2.24) is 4.72 Å². The molecular weight excluding hydrogens is 488 g/mol. The third-order valence-electron chi connectivity index (χ3n) is 5.43. The van der Waals surface area contributed by atoms with Crippen LogP contribution in [-0.4, -0.2) is 32.8 Å². The first-order valence-electron chi connectivity index (χ1n) is 10.9. The minimum atomic E-state index is -3.80. The third kappa shape index (κ3) is 5.80. The number of ether oxygens (including phenoxy) is 2. The Morgan fingerprint density at radius 3 is 2.40 bits per heavy atom. The minimum Gasteiger partial charge on any atom is -0.397 e. The van der Waals surface area contributed by atoms with Gasteiger partial charge in [-0.3, -0.25) is 4.79 Å². The minimum absolute atomic E-state index is 0.0751. The number of ketones is 1. The molecule has 0 spiro atoms. The van der Waals surface area contributed by atoms with Gasteiger partial charge in [0.2, 0.25) is 10.0 Å². The summed E-state index contributed by atoms with van der Waals surface area (Å²) >= 11 is 6.21. The van der Waals surface area contributed by atoms with Gasteiger partial charge in [0, 0.05) is 11.1 Å². The zero-order chi connectivity index (χ0) is 25.2. The van der Waals surface area contributed by atoms with Crippen LogP contribution in [-0.2, 0) is 19.5 Å². The fraction of sp³-hybridized carbons (Fsp3) is 0.192. The van der Waals surface area contributed by atoms with Crippen LogP contribution in [0, 0.1) is 0 Å². The molecule has 35 heavy (non-hydrogen) atoms. The highest BCUT2D eigenvalue weighted by Gasteiger charge is 2.35. The van der Waals surface area contributed by atoms with E-state index in [1.807, 2.05) is 30.3 Å². The van der Waals surface area contributed by atoms with Crippen molar-refractivity contribution in [2.45, 2.75) is 30.8 Å². The number of anilines is 1. The Morgan fingerprint density at radius 2 is 1.77 bits per heavy atom. The predicted octanol–water partition coefficient (Wildman–Crippen LogP) is 4.87. The molecule has 3 aromatic rings. The van der Waals surface area contributed by atoms with Crippen LogP contribution in [0.15, 0.2) is 77.7 Å². The normalized spacial score (nSPS) is 17.6. The quantitative estimate of drug-likeness (QED) is 0.265. The molecular formula is C26H25ClN2O5S. The van der Waals surface area contributed by atoms with Crippen molar-refractivity contribution < 1.29 is 22.7 Å². The number of allylic oxidation sites excluding steroid dienone is 1. The van der Waals surface area contributed by atoms with Crippen LogP contribution in [0.2, 0.25) is 5.02 Å². The van der Waals surface area contributed by atoms with E-state index >= 15 is 0 Å². The summed E-state index contributed by atoms with van der Waals surface area (Å²) in [5, 5.41) is 0.368. The molecule has 0 bridgehead atoms. The SMILES string of the molecule is CC1(C)OCC(NS(=O)(=O)c2ccc(C=CC(=O)c3ccc(Cl)c(N)c3-c3ccccc3)cc2)O1. The zero-order valence-electron chi connectivity index (χ0n) is 19.2. The van der Waals surface area contributed by atoms with Crippen LogP contribution in [0.4, 0.5) is 5.69 Å². The molecule has 4 rings (SSSR count). The second kappa shape index (κ2) is 9.93. The standard InChI is InChI=1S/C26H25ClN2O5S/c1-26(2)33-16-23(34-26)29-35(31,32)19-11-8-17(9-12-19)10-15-22(30)20-13-14-21(27)25(28)24(20)18-6-4-3-5-7-18/h3-15,23,29H,16,28H2,1-2H3. The van der Waals surface area contributed by atoms with Crippen molar-refractivity contribution >= 4 is 39.2 Å². The Bertz CT molecular complexity index is 1370. The number of hydrogen-bond acceptors (Lipinski definition) is 6. The molecule has 1 saturated heterocycles. The lowest BCUT2D eigenvalue weighted by Crippen LogP contribution is -2.37. The van der Waals surface area contributed by atoms with Crippen LogP contribution in [0.25, 0.3) is 17.2 Å². The molecule has 1 heterocycles.